The molecule has 0 spiro atoms. The second-order valence-corrected chi connectivity index (χ2v) is 5.77. The maximum absolute atomic E-state index is 11.4. The molecule has 1 aliphatic heterocycles. The highest BCUT2D eigenvalue weighted by molar-refractivity contribution is 7.10. The number of nitrogens with zero attached hydrogens (tertiary/aromatic N) is 1. The number of carbonyl (C=O) groups is 1. The Hall–Kier alpha value is -0.910. The zero-order chi connectivity index (χ0) is 13.0. The van der Waals surface area contributed by atoms with Gasteiger partial charge in [-0.3, -0.25) is 9.69 Å². The van der Waals surface area contributed by atoms with Crippen LogP contribution in [0, 0.1) is 0 Å². The molecule has 0 aliphatic carbocycles. The highest BCUT2D eigenvalue weighted by atomic mass is 32.1. The average molecular weight is 267 g/mol. The summed E-state index contributed by atoms with van der Waals surface area (Å²) >= 11 is 1.86. The molecule has 1 amide bonds. The van der Waals surface area contributed by atoms with Gasteiger partial charge in [-0.15, -0.1) is 11.3 Å². The number of carbonyl (C=O) groups excluding carboxylic acids is 1. The normalized spacial score (nSPS) is 17.2. The number of nitrogens with one attached hydrogen (secondary N) is 2. The van der Waals surface area contributed by atoms with Crippen LogP contribution in [0.15, 0.2) is 11.4 Å². The number of amides is 1. The molecule has 1 aromatic rings. The van der Waals surface area contributed by atoms with E-state index in [1.54, 1.807) is 7.05 Å². The van der Waals surface area contributed by atoms with Gasteiger partial charge in [0, 0.05) is 30.6 Å². The molecule has 0 bridgehead atoms. The Labute approximate surface area is 112 Å². The lowest BCUT2D eigenvalue weighted by Crippen LogP contribution is -2.45. The SMILES string of the molecule is CNCC(=O)NCC(C)N1CCc2sccc2C1. The fourth-order valence-corrected chi connectivity index (χ4v) is 3.15. The Morgan fingerprint density at radius 3 is 3.22 bits per heavy atom. The molecule has 0 saturated heterocycles. The molecule has 0 aromatic carbocycles. The zero-order valence-electron chi connectivity index (χ0n) is 11.0. The van der Waals surface area contributed by atoms with Crippen LogP contribution in [0.5, 0.6) is 0 Å². The molecule has 1 aliphatic rings. The van der Waals surface area contributed by atoms with E-state index in [1.165, 1.54) is 10.4 Å². The number of hydrogen-bond donors (Lipinski definition) is 2. The fourth-order valence-electron chi connectivity index (χ4n) is 2.26. The molecule has 5 heteroatoms. The summed E-state index contributed by atoms with van der Waals surface area (Å²) in [7, 11) is 1.78. The van der Waals surface area contributed by atoms with Crippen LogP contribution in [0.2, 0.25) is 0 Å². The second kappa shape index (κ2) is 6.31. The summed E-state index contributed by atoms with van der Waals surface area (Å²) in [5, 5.41) is 7.99. The van der Waals surface area contributed by atoms with E-state index in [0.717, 1.165) is 26.1 Å². The molecule has 18 heavy (non-hydrogen) atoms. The van der Waals surface area contributed by atoms with Crippen molar-refractivity contribution >= 4 is 17.2 Å². The summed E-state index contributed by atoms with van der Waals surface area (Å²) in [4.78, 5) is 15.4. The summed E-state index contributed by atoms with van der Waals surface area (Å²) < 4.78 is 0. The fraction of sp³-hybridized carbons (Fsp3) is 0.615. The van der Waals surface area contributed by atoms with Gasteiger partial charge in [0.05, 0.1) is 6.54 Å². The smallest absolute Gasteiger partial charge is 0.234 e. The van der Waals surface area contributed by atoms with Crippen molar-refractivity contribution in [3.8, 4) is 0 Å². The molecule has 1 atom stereocenters. The van der Waals surface area contributed by atoms with Gasteiger partial charge in [-0.2, -0.15) is 0 Å². The summed E-state index contributed by atoms with van der Waals surface area (Å²) in [6.07, 6.45) is 1.14. The van der Waals surface area contributed by atoms with Gasteiger partial charge in [-0.05, 0) is 37.4 Å². The Bertz CT molecular complexity index is 405. The van der Waals surface area contributed by atoms with Gasteiger partial charge in [0.25, 0.3) is 0 Å². The first-order valence-corrected chi connectivity index (χ1v) is 7.29. The standard InChI is InChI=1S/C13H21N3OS/c1-10(7-15-13(17)8-14-2)16-5-3-12-11(9-16)4-6-18-12/h4,6,10,14H,3,5,7-9H2,1-2H3,(H,15,17). The minimum absolute atomic E-state index is 0.0672. The summed E-state index contributed by atoms with van der Waals surface area (Å²) in [5.41, 5.74) is 1.46. The predicted octanol–water partition coefficient (Wildman–Crippen LogP) is 0.830. The van der Waals surface area contributed by atoms with Crippen molar-refractivity contribution in [2.24, 2.45) is 0 Å². The summed E-state index contributed by atoms with van der Waals surface area (Å²) in [5.74, 6) is 0.0672. The van der Waals surface area contributed by atoms with Gasteiger partial charge in [0.2, 0.25) is 5.91 Å². The van der Waals surface area contributed by atoms with Crippen molar-refractivity contribution in [1.29, 1.82) is 0 Å². The van der Waals surface area contributed by atoms with Gasteiger partial charge in [0.15, 0.2) is 0 Å². The first-order chi connectivity index (χ1) is 8.70. The van der Waals surface area contributed by atoms with Crippen LogP contribution in [-0.4, -0.2) is 43.5 Å². The maximum Gasteiger partial charge on any atom is 0.234 e. The molecule has 1 aromatic heterocycles. The Morgan fingerprint density at radius 1 is 1.61 bits per heavy atom. The molecule has 2 N–H and O–H groups in total. The van der Waals surface area contributed by atoms with Crippen LogP contribution >= 0.6 is 11.3 Å². The molecular formula is C13H21N3OS. The van der Waals surface area contributed by atoms with Crippen molar-refractivity contribution in [3.63, 3.8) is 0 Å². The topological polar surface area (TPSA) is 44.4 Å². The molecule has 2 rings (SSSR count). The van der Waals surface area contributed by atoms with E-state index >= 15 is 0 Å². The molecular weight excluding hydrogens is 246 g/mol. The van der Waals surface area contributed by atoms with Crippen LogP contribution in [-0.2, 0) is 17.8 Å². The number of hydrogen-bond acceptors (Lipinski definition) is 4. The van der Waals surface area contributed by atoms with Crippen LogP contribution < -0.4 is 10.6 Å². The van der Waals surface area contributed by atoms with Crippen LogP contribution in [0.3, 0.4) is 0 Å². The third-order valence-electron chi connectivity index (χ3n) is 3.39. The van der Waals surface area contributed by atoms with E-state index in [2.05, 4.69) is 33.9 Å². The number of fused-ring (bicyclic) bond motifs is 1. The third kappa shape index (κ3) is 3.31. The monoisotopic (exact) mass is 267 g/mol. The van der Waals surface area contributed by atoms with E-state index in [0.29, 0.717) is 12.6 Å². The lowest BCUT2D eigenvalue weighted by atomic mass is 10.1. The first kappa shape index (κ1) is 13.5. The first-order valence-electron chi connectivity index (χ1n) is 6.41. The van der Waals surface area contributed by atoms with Crippen molar-refractivity contribution < 1.29 is 4.79 Å². The van der Waals surface area contributed by atoms with Gasteiger partial charge in [0.1, 0.15) is 0 Å². The van der Waals surface area contributed by atoms with Gasteiger partial charge < -0.3 is 10.6 Å². The van der Waals surface area contributed by atoms with E-state index in [1.807, 2.05) is 11.3 Å². The largest absolute Gasteiger partial charge is 0.353 e. The van der Waals surface area contributed by atoms with Crippen LogP contribution in [0.4, 0.5) is 0 Å². The molecule has 1 unspecified atom stereocenters. The Kier molecular flexibility index (Phi) is 4.74. The van der Waals surface area contributed by atoms with Crippen molar-refractivity contribution in [2.75, 3.05) is 26.7 Å². The Morgan fingerprint density at radius 2 is 2.44 bits per heavy atom. The highest BCUT2D eigenvalue weighted by Crippen LogP contribution is 2.24. The van der Waals surface area contributed by atoms with Gasteiger partial charge in [-0.1, -0.05) is 0 Å². The van der Waals surface area contributed by atoms with Crippen LogP contribution in [0.1, 0.15) is 17.4 Å². The quantitative estimate of drug-likeness (QED) is 0.830. The number of likely N-dealkylation sites (N-methyl/N-ethyl adjacent to an activating group) is 1. The lowest BCUT2D eigenvalue weighted by molar-refractivity contribution is -0.120. The van der Waals surface area contributed by atoms with Crippen molar-refractivity contribution in [3.05, 3.63) is 21.9 Å². The molecule has 100 valence electrons. The van der Waals surface area contributed by atoms with Gasteiger partial charge in [-0.25, -0.2) is 0 Å². The zero-order valence-corrected chi connectivity index (χ0v) is 11.8. The van der Waals surface area contributed by atoms with E-state index in [4.69, 9.17) is 0 Å². The molecule has 0 fully saturated rings. The molecule has 2 heterocycles. The Balaban J connectivity index is 1.80. The number of thiophene rings is 1. The van der Waals surface area contributed by atoms with Crippen molar-refractivity contribution in [2.45, 2.75) is 25.9 Å². The average Bonchev–Trinajstić information content (AvgIpc) is 2.83. The minimum Gasteiger partial charge on any atom is -0.353 e. The minimum atomic E-state index is 0.0672. The predicted molar refractivity (Wildman–Crippen MR) is 74.8 cm³/mol. The molecule has 0 saturated carbocycles. The van der Waals surface area contributed by atoms with Crippen molar-refractivity contribution in [1.82, 2.24) is 15.5 Å². The summed E-state index contributed by atoms with van der Waals surface area (Å²) in [6.45, 7) is 5.40. The molecule has 0 radical (unpaired) electrons. The summed E-state index contributed by atoms with van der Waals surface area (Å²) in [6, 6.07) is 2.61. The van der Waals surface area contributed by atoms with E-state index < -0.39 is 0 Å². The van der Waals surface area contributed by atoms with Gasteiger partial charge >= 0.3 is 0 Å². The second-order valence-electron chi connectivity index (χ2n) is 4.77. The highest BCUT2D eigenvalue weighted by Gasteiger charge is 2.21. The molecule has 4 nitrogen and oxygen atoms in total. The maximum atomic E-state index is 11.4. The lowest BCUT2D eigenvalue weighted by Gasteiger charge is -2.32. The van der Waals surface area contributed by atoms with E-state index in [9.17, 15) is 4.79 Å². The van der Waals surface area contributed by atoms with E-state index in [-0.39, 0.29) is 5.91 Å². The number of rotatable bonds is 5. The third-order valence-corrected chi connectivity index (χ3v) is 4.42. The van der Waals surface area contributed by atoms with Crippen LogP contribution in [0.25, 0.3) is 0 Å².